The van der Waals surface area contributed by atoms with E-state index in [9.17, 15) is 0 Å². The molecule has 0 aliphatic carbocycles. The SMILES string of the molecule is NS(=O)(=O)O.[Rf]. The van der Waals surface area contributed by atoms with E-state index < -0.39 is 10.3 Å². The standard InChI is InChI=1S/H3NO3S.Rf/c1-5(2,3)4;/h(H3,1,2,3,4);. The van der Waals surface area contributed by atoms with E-state index in [1.54, 1.807) is 0 Å². The molecule has 0 radical (unpaired) electrons. The molecule has 0 aliphatic heterocycles. The number of nitrogens with two attached hydrogens (primary N) is 1. The van der Waals surface area contributed by atoms with Crippen molar-refractivity contribution in [3.63, 3.8) is 0 Å². The minimum Gasteiger partial charge on any atom is -0.274 e. The first-order chi connectivity index (χ1) is 2.00. The molecule has 0 spiro atoms. The summed E-state index contributed by atoms with van der Waals surface area (Å²) in [5.74, 6) is 0. The number of rotatable bonds is 0. The molecular weight excluding hydrogens is 361 g/mol. The van der Waals surface area contributed by atoms with Crippen LogP contribution in [0.1, 0.15) is 0 Å². The van der Waals surface area contributed by atoms with Crippen LogP contribution in [-0.4, -0.2) is 13.0 Å². The molecular formula is H3NO3RfS. The first-order valence-corrected chi connectivity index (χ1v) is 2.25. The van der Waals surface area contributed by atoms with Crippen molar-refractivity contribution in [3.05, 3.63) is 0 Å². The van der Waals surface area contributed by atoms with E-state index in [0.717, 1.165) is 0 Å². The largest absolute Gasteiger partial charge is 0.330 e. The zero-order chi connectivity index (χ0) is 4.50. The maximum atomic E-state index is 8.97. The average molecular weight is 364 g/mol. The molecule has 0 aromatic rings. The minimum absolute atomic E-state index is 0. The zero-order valence-corrected chi connectivity index (χ0v) is 10.2. The summed E-state index contributed by atoms with van der Waals surface area (Å²) in [4.78, 5) is 0. The molecule has 0 saturated carbocycles. The molecule has 0 atom stereocenters. The van der Waals surface area contributed by atoms with Crippen molar-refractivity contribution in [2.24, 2.45) is 5.14 Å². The Bertz CT molecular complexity index is 94.0. The van der Waals surface area contributed by atoms with Gasteiger partial charge in [0.1, 0.15) is 0 Å². The van der Waals surface area contributed by atoms with Crippen LogP contribution in [0.15, 0.2) is 0 Å². The molecule has 6 heavy (non-hydrogen) atoms. The van der Waals surface area contributed by atoms with Crippen molar-refractivity contribution < 1.29 is 13.0 Å². The predicted molar refractivity (Wildman–Crippen MR) is 15.7 cm³/mol. The second kappa shape index (κ2) is 1.34. The van der Waals surface area contributed by atoms with E-state index >= 15 is 0 Å². The molecule has 0 bridgehead atoms. The second-order valence-corrected chi connectivity index (χ2v) is 1.54. The zero-order valence-electron chi connectivity index (χ0n) is 2.96. The summed E-state index contributed by atoms with van der Waals surface area (Å²) >= 11 is 0. The van der Waals surface area contributed by atoms with Gasteiger partial charge in [-0.15, -0.1) is 0 Å². The fourth-order valence-corrected chi connectivity index (χ4v) is 0. The Morgan fingerprint density at radius 1 is 1.50 bits per heavy atom. The Morgan fingerprint density at radius 2 is 1.50 bits per heavy atom. The van der Waals surface area contributed by atoms with E-state index in [0.29, 0.717) is 0 Å². The van der Waals surface area contributed by atoms with Gasteiger partial charge in [-0.25, -0.2) is 5.14 Å². The molecule has 0 amide bonds. The van der Waals surface area contributed by atoms with Crippen LogP contribution in [0.25, 0.3) is 0 Å². The second-order valence-electron chi connectivity index (χ2n) is 0.515. The summed E-state index contributed by atoms with van der Waals surface area (Å²) in [6.45, 7) is 0. The van der Waals surface area contributed by atoms with Gasteiger partial charge in [-0.1, -0.05) is 0 Å². The third-order valence-electron chi connectivity index (χ3n) is 0. The summed E-state index contributed by atoms with van der Waals surface area (Å²) in [6.07, 6.45) is 0. The van der Waals surface area contributed by atoms with Crippen LogP contribution in [0, 0.1) is 0 Å². The van der Waals surface area contributed by atoms with Crippen molar-refractivity contribution in [3.8, 4) is 0 Å². The van der Waals surface area contributed by atoms with Crippen LogP contribution in [0.4, 0.5) is 0 Å². The third-order valence-corrected chi connectivity index (χ3v) is 0. The Balaban J connectivity index is 0. The predicted octanol–water partition coefficient (Wildman–Crippen LogP) is -1.25. The van der Waals surface area contributed by atoms with Gasteiger partial charge in [0.2, 0.25) is 0 Å². The molecule has 4 nitrogen and oxygen atoms in total. The first-order valence-electron chi connectivity index (χ1n) is 0.752. The average Bonchev–Trinajstić information content (AvgIpc) is 0.722. The van der Waals surface area contributed by atoms with Gasteiger partial charge in [-0.2, -0.15) is 8.42 Å². The van der Waals surface area contributed by atoms with Gasteiger partial charge in [0.05, 0.1) is 0 Å². The van der Waals surface area contributed by atoms with Gasteiger partial charge in [-0.05, 0) is 0 Å². The van der Waals surface area contributed by atoms with Crippen LogP contribution in [-0.2, 0) is 10.3 Å². The minimum atomic E-state index is -4.17. The molecule has 0 rings (SSSR count). The Hall–Kier alpha value is -1.13. The maximum absolute atomic E-state index is 8.97. The van der Waals surface area contributed by atoms with E-state index in [4.69, 9.17) is 13.0 Å². The molecule has 0 unspecified atom stereocenters. The Kier molecular flexibility index (Phi) is 1.98. The monoisotopic (exact) mass is 364 g/mol. The van der Waals surface area contributed by atoms with Gasteiger partial charge in [0.25, 0.3) is 0 Å². The van der Waals surface area contributed by atoms with E-state index in [-0.39, 0.29) is 0 Å². The number of hydrogen-bond acceptors (Lipinski definition) is 2. The summed E-state index contributed by atoms with van der Waals surface area (Å²) in [5, 5.41) is 3.88. The maximum Gasteiger partial charge on any atom is 0.330 e. The molecule has 3 N–H and O–H groups in total. The number of hydrogen-bond donors (Lipinski definition) is 2. The van der Waals surface area contributed by atoms with Gasteiger partial charge in [0.15, 0.2) is 0 Å². The Morgan fingerprint density at radius 3 is 1.50 bits per heavy atom. The normalized spacial score (nSPS) is 9.67. The molecule has 0 heterocycles. The van der Waals surface area contributed by atoms with Gasteiger partial charge in [-0.3, -0.25) is 4.55 Å². The van der Waals surface area contributed by atoms with Gasteiger partial charge < -0.3 is 0 Å². The fraction of sp³-hybridized carbons (Fsp3) is 0. The van der Waals surface area contributed by atoms with E-state index in [1.807, 2.05) is 0 Å². The van der Waals surface area contributed by atoms with Crippen LogP contribution >= 0.6 is 0 Å². The third kappa shape index (κ3) is 7.86. The fourth-order valence-electron chi connectivity index (χ4n) is 0. The summed E-state index contributed by atoms with van der Waals surface area (Å²) < 4.78 is 25.2. The van der Waals surface area contributed by atoms with Crippen LogP contribution < -0.4 is 5.14 Å². The van der Waals surface area contributed by atoms with Gasteiger partial charge in [0, 0.05) is 0 Å². The van der Waals surface area contributed by atoms with Crippen LogP contribution in [0.5, 0.6) is 0 Å². The van der Waals surface area contributed by atoms with Crippen molar-refractivity contribution in [2.45, 2.75) is 0 Å². The molecule has 0 aliphatic rings. The topological polar surface area (TPSA) is 80.4 Å². The molecule has 34 valence electrons. The smallest absolute Gasteiger partial charge is 0.274 e. The van der Waals surface area contributed by atoms with Crippen molar-refractivity contribution in [1.82, 2.24) is 0 Å². The molecule has 0 fully saturated rings. The summed E-state index contributed by atoms with van der Waals surface area (Å²) in [6, 6.07) is 0. The van der Waals surface area contributed by atoms with E-state index in [2.05, 4.69) is 5.14 Å². The van der Waals surface area contributed by atoms with Gasteiger partial charge >= 0.3 is 10.3 Å². The molecule has 6 heteroatoms. The Labute approximate surface area is 29.5 Å². The van der Waals surface area contributed by atoms with E-state index in [1.165, 1.54) is 0 Å². The summed E-state index contributed by atoms with van der Waals surface area (Å²) in [5.41, 5.74) is 0. The first kappa shape index (κ1) is 8.85. The van der Waals surface area contributed by atoms with Crippen molar-refractivity contribution in [1.29, 1.82) is 0 Å². The van der Waals surface area contributed by atoms with Crippen LogP contribution in [0.3, 0.4) is 0 Å². The molecule has 0 saturated heterocycles. The van der Waals surface area contributed by atoms with Crippen LogP contribution in [0.2, 0.25) is 0 Å². The van der Waals surface area contributed by atoms with Crippen molar-refractivity contribution in [2.75, 3.05) is 0 Å². The quantitative estimate of drug-likeness (QED) is 0.527. The molecule has 0 aromatic heterocycles. The summed E-state index contributed by atoms with van der Waals surface area (Å²) in [7, 11) is -4.17. The molecule has 0 aromatic carbocycles. The van der Waals surface area contributed by atoms with Crippen molar-refractivity contribution >= 4 is 10.3 Å².